The molecule has 1 fully saturated rings. The molecule has 5 heteroatoms. The number of carboxylic acid groups (broad SMARTS) is 1. The number of carboxylic acids is 1. The van der Waals surface area contributed by atoms with Gasteiger partial charge in [0.05, 0.1) is 0 Å². The van der Waals surface area contributed by atoms with Crippen LogP contribution >= 0.6 is 0 Å². The lowest BCUT2D eigenvalue weighted by molar-refractivity contribution is -0.143. The summed E-state index contributed by atoms with van der Waals surface area (Å²) in [5.41, 5.74) is 0. The normalized spacial score (nSPS) is 18.6. The zero-order chi connectivity index (χ0) is 14.4. The van der Waals surface area contributed by atoms with Gasteiger partial charge in [0.15, 0.2) is 0 Å². The number of benzene rings is 1. The van der Waals surface area contributed by atoms with E-state index in [2.05, 4.69) is 4.90 Å². The van der Waals surface area contributed by atoms with E-state index in [-0.39, 0.29) is 0 Å². The molecule has 1 heterocycles. The molecule has 0 radical (unpaired) electrons. The van der Waals surface area contributed by atoms with E-state index in [4.69, 9.17) is 9.84 Å². The van der Waals surface area contributed by atoms with Crippen LogP contribution in [0.4, 0.5) is 0 Å². The van der Waals surface area contributed by atoms with Crippen LogP contribution in [0.15, 0.2) is 30.3 Å². The number of piperazine rings is 1. The van der Waals surface area contributed by atoms with Gasteiger partial charge in [-0.2, -0.15) is 0 Å². The summed E-state index contributed by atoms with van der Waals surface area (Å²) in [7, 11) is 0. The molecular formula is C15H22N2O3. The van der Waals surface area contributed by atoms with Gasteiger partial charge in [-0.15, -0.1) is 0 Å². The molecule has 0 spiro atoms. The Labute approximate surface area is 119 Å². The van der Waals surface area contributed by atoms with Crippen molar-refractivity contribution in [2.24, 2.45) is 0 Å². The van der Waals surface area contributed by atoms with Crippen LogP contribution in [0.2, 0.25) is 0 Å². The van der Waals surface area contributed by atoms with E-state index < -0.39 is 12.0 Å². The molecule has 0 saturated carbocycles. The predicted molar refractivity (Wildman–Crippen MR) is 77.0 cm³/mol. The fourth-order valence-electron chi connectivity index (χ4n) is 2.34. The average Bonchev–Trinajstić information content (AvgIpc) is 2.48. The minimum Gasteiger partial charge on any atom is -0.492 e. The molecule has 0 aliphatic carbocycles. The molecule has 2 rings (SSSR count). The van der Waals surface area contributed by atoms with Crippen LogP contribution < -0.4 is 4.74 Å². The molecule has 0 unspecified atom stereocenters. The quantitative estimate of drug-likeness (QED) is 0.846. The molecule has 110 valence electrons. The summed E-state index contributed by atoms with van der Waals surface area (Å²) in [4.78, 5) is 15.3. The number of rotatable bonds is 6. The zero-order valence-corrected chi connectivity index (χ0v) is 11.9. The van der Waals surface area contributed by atoms with Crippen molar-refractivity contribution >= 4 is 5.97 Å². The highest BCUT2D eigenvalue weighted by molar-refractivity contribution is 5.72. The smallest absolute Gasteiger partial charge is 0.320 e. The molecule has 0 bridgehead atoms. The number of carbonyl (C=O) groups is 1. The Morgan fingerprint density at radius 1 is 1.25 bits per heavy atom. The number of hydrogen-bond donors (Lipinski definition) is 1. The van der Waals surface area contributed by atoms with Crippen LogP contribution in [0.1, 0.15) is 6.92 Å². The molecule has 1 saturated heterocycles. The summed E-state index contributed by atoms with van der Waals surface area (Å²) in [6, 6.07) is 9.40. The van der Waals surface area contributed by atoms with Crippen molar-refractivity contribution in [3.05, 3.63) is 30.3 Å². The average molecular weight is 278 g/mol. The molecule has 1 aromatic rings. The van der Waals surface area contributed by atoms with E-state index in [9.17, 15) is 4.79 Å². The minimum absolute atomic E-state index is 0.391. The summed E-state index contributed by atoms with van der Waals surface area (Å²) < 4.78 is 5.67. The summed E-state index contributed by atoms with van der Waals surface area (Å²) in [6.45, 7) is 6.70. The molecule has 1 N–H and O–H groups in total. The Balaban J connectivity index is 1.66. The summed E-state index contributed by atoms with van der Waals surface area (Å²) >= 11 is 0. The first-order valence-electron chi connectivity index (χ1n) is 7.04. The van der Waals surface area contributed by atoms with Crippen molar-refractivity contribution in [1.82, 2.24) is 9.80 Å². The summed E-state index contributed by atoms with van der Waals surface area (Å²) in [5, 5.41) is 8.99. The number of hydrogen-bond acceptors (Lipinski definition) is 4. The second kappa shape index (κ2) is 7.26. The Bertz CT molecular complexity index is 416. The topological polar surface area (TPSA) is 53.0 Å². The SMILES string of the molecule is C[C@H](C(=O)O)N1CCN(CCOc2ccccc2)CC1. The van der Waals surface area contributed by atoms with Crippen molar-refractivity contribution in [3.63, 3.8) is 0 Å². The number of ether oxygens (including phenoxy) is 1. The van der Waals surface area contributed by atoms with Gasteiger partial charge in [-0.3, -0.25) is 14.6 Å². The van der Waals surface area contributed by atoms with E-state index in [1.54, 1.807) is 6.92 Å². The van der Waals surface area contributed by atoms with E-state index in [0.717, 1.165) is 38.5 Å². The van der Waals surface area contributed by atoms with Gasteiger partial charge in [0.25, 0.3) is 0 Å². The molecular weight excluding hydrogens is 256 g/mol. The predicted octanol–water partition coefficient (Wildman–Crippen LogP) is 1.16. The highest BCUT2D eigenvalue weighted by Gasteiger charge is 2.24. The van der Waals surface area contributed by atoms with Crippen molar-refractivity contribution in [3.8, 4) is 5.75 Å². The maximum absolute atomic E-state index is 10.9. The first-order valence-corrected chi connectivity index (χ1v) is 7.04. The third kappa shape index (κ3) is 4.21. The van der Waals surface area contributed by atoms with Gasteiger partial charge < -0.3 is 9.84 Å². The number of para-hydroxylation sites is 1. The summed E-state index contributed by atoms with van der Waals surface area (Å²) in [5.74, 6) is 0.150. The Morgan fingerprint density at radius 2 is 1.90 bits per heavy atom. The number of aliphatic carboxylic acids is 1. The minimum atomic E-state index is -0.745. The lowest BCUT2D eigenvalue weighted by Crippen LogP contribution is -2.52. The van der Waals surface area contributed by atoms with Gasteiger partial charge in [0, 0.05) is 32.7 Å². The molecule has 1 atom stereocenters. The Hall–Kier alpha value is -1.59. The maximum Gasteiger partial charge on any atom is 0.320 e. The first-order chi connectivity index (χ1) is 9.66. The van der Waals surface area contributed by atoms with Gasteiger partial charge in [-0.25, -0.2) is 0 Å². The third-order valence-electron chi connectivity index (χ3n) is 3.73. The maximum atomic E-state index is 10.9. The Morgan fingerprint density at radius 3 is 2.50 bits per heavy atom. The van der Waals surface area contributed by atoms with E-state index in [0.29, 0.717) is 6.61 Å². The van der Waals surface area contributed by atoms with Crippen molar-refractivity contribution in [1.29, 1.82) is 0 Å². The van der Waals surface area contributed by atoms with Crippen molar-refractivity contribution in [2.45, 2.75) is 13.0 Å². The van der Waals surface area contributed by atoms with Crippen LogP contribution in [0.3, 0.4) is 0 Å². The molecule has 0 aromatic heterocycles. The molecule has 1 aromatic carbocycles. The van der Waals surface area contributed by atoms with Gasteiger partial charge in [-0.1, -0.05) is 18.2 Å². The van der Waals surface area contributed by atoms with Crippen LogP contribution in [0.25, 0.3) is 0 Å². The lowest BCUT2D eigenvalue weighted by atomic mass is 10.2. The monoisotopic (exact) mass is 278 g/mol. The molecule has 5 nitrogen and oxygen atoms in total. The first kappa shape index (κ1) is 14.8. The third-order valence-corrected chi connectivity index (χ3v) is 3.73. The van der Waals surface area contributed by atoms with Crippen LogP contribution in [0, 0.1) is 0 Å². The molecule has 1 aliphatic rings. The molecule has 1 aliphatic heterocycles. The number of nitrogens with zero attached hydrogens (tertiary/aromatic N) is 2. The fraction of sp³-hybridized carbons (Fsp3) is 0.533. The second-order valence-corrected chi connectivity index (χ2v) is 5.05. The van der Waals surface area contributed by atoms with E-state index in [1.165, 1.54) is 0 Å². The van der Waals surface area contributed by atoms with Crippen molar-refractivity contribution < 1.29 is 14.6 Å². The van der Waals surface area contributed by atoms with Crippen LogP contribution in [0.5, 0.6) is 5.75 Å². The van der Waals surface area contributed by atoms with Gasteiger partial charge in [-0.05, 0) is 19.1 Å². The van der Waals surface area contributed by atoms with Crippen molar-refractivity contribution in [2.75, 3.05) is 39.3 Å². The van der Waals surface area contributed by atoms with Gasteiger partial charge in [0.1, 0.15) is 18.4 Å². The Kier molecular flexibility index (Phi) is 5.38. The fourth-order valence-corrected chi connectivity index (χ4v) is 2.34. The van der Waals surface area contributed by atoms with E-state index >= 15 is 0 Å². The largest absolute Gasteiger partial charge is 0.492 e. The van der Waals surface area contributed by atoms with Gasteiger partial charge >= 0.3 is 5.97 Å². The van der Waals surface area contributed by atoms with Crippen LogP contribution in [-0.2, 0) is 4.79 Å². The zero-order valence-electron chi connectivity index (χ0n) is 11.9. The van der Waals surface area contributed by atoms with Crippen LogP contribution in [-0.4, -0.2) is 66.2 Å². The lowest BCUT2D eigenvalue weighted by Gasteiger charge is -2.36. The molecule has 0 amide bonds. The second-order valence-electron chi connectivity index (χ2n) is 5.05. The highest BCUT2D eigenvalue weighted by Crippen LogP contribution is 2.09. The molecule has 20 heavy (non-hydrogen) atoms. The summed E-state index contributed by atoms with van der Waals surface area (Å²) in [6.07, 6.45) is 0. The standard InChI is InChI=1S/C15H22N2O3/c1-13(15(18)19)17-9-7-16(8-10-17)11-12-20-14-5-3-2-4-6-14/h2-6,13H,7-12H2,1H3,(H,18,19)/t13-/m1/s1. The highest BCUT2D eigenvalue weighted by atomic mass is 16.5. The van der Waals surface area contributed by atoms with E-state index in [1.807, 2.05) is 35.2 Å². The van der Waals surface area contributed by atoms with Gasteiger partial charge in [0.2, 0.25) is 0 Å².